The highest BCUT2D eigenvalue weighted by atomic mass is 32.2. The quantitative estimate of drug-likeness (QED) is 0.819. The van der Waals surface area contributed by atoms with E-state index in [1.54, 1.807) is 11.8 Å². The number of hydrogen-bond acceptors (Lipinski definition) is 4. The third-order valence-electron chi connectivity index (χ3n) is 2.78. The Morgan fingerprint density at radius 3 is 2.88 bits per heavy atom. The summed E-state index contributed by atoms with van der Waals surface area (Å²) >= 11 is 1.70. The van der Waals surface area contributed by atoms with Gasteiger partial charge in [0.1, 0.15) is 0 Å². The summed E-state index contributed by atoms with van der Waals surface area (Å²) < 4.78 is 14.1. The van der Waals surface area contributed by atoms with Gasteiger partial charge in [-0.3, -0.25) is 14.3 Å². The summed E-state index contributed by atoms with van der Waals surface area (Å²) in [5.41, 5.74) is -1.94. The molecule has 1 unspecified atom stereocenters. The minimum absolute atomic E-state index is 0.178. The molecule has 1 fully saturated rings. The molecule has 0 amide bonds. The molecule has 0 bridgehead atoms. The molecule has 2 rings (SSSR count). The second-order valence-corrected chi connectivity index (χ2v) is 5.40. The van der Waals surface area contributed by atoms with Crippen molar-refractivity contribution in [3.8, 4) is 5.88 Å². The first-order valence-electron chi connectivity index (χ1n) is 5.43. The minimum Gasteiger partial charge on any atom is -0.492 e. The van der Waals surface area contributed by atoms with E-state index >= 15 is 0 Å². The van der Waals surface area contributed by atoms with Crippen LogP contribution in [0.1, 0.15) is 19.3 Å². The molecule has 17 heavy (non-hydrogen) atoms. The molecule has 0 aliphatic carbocycles. The van der Waals surface area contributed by atoms with Gasteiger partial charge in [-0.2, -0.15) is 16.2 Å². The molecule has 0 saturated carbocycles. The monoisotopic (exact) mass is 260 g/mol. The number of H-pyrrole nitrogens is 1. The Balaban J connectivity index is 2.29. The zero-order valence-electron chi connectivity index (χ0n) is 9.11. The Hall–Kier alpha value is -1.24. The number of aromatic amines is 1. The molecular formula is C10H13FN2O3S. The summed E-state index contributed by atoms with van der Waals surface area (Å²) in [5.74, 6) is -1.17. The predicted octanol–water partition coefficient (Wildman–Crippen LogP) is 0.667. The first-order chi connectivity index (χ1) is 8.09. The summed E-state index contributed by atoms with van der Waals surface area (Å²) in [6.45, 7) is 0.225. The van der Waals surface area contributed by atoms with Crippen molar-refractivity contribution in [2.45, 2.75) is 31.1 Å². The maximum Gasteiger partial charge on any atom is 0.331 e. The van der Waals surface area contributed by atoms with Gasteiger partial charge in [0.25, 0.3) is 5.56 Å². The Bertz CT molecular complexity index is 519. The smallest absolute Gasteiger partial charge is 0.331 e. The van der Waals surface area contributed by atoms with Crippen molar-refractivity contribution in [2.24, 2.45) is 0 Å². The van der Waals surface area contributed by atoms with Gasteiger partial charge in [0, 0.05) is 11.8 Å². The highest BCUT2D eigenvalue weighted by molar-refractivity contribution is 7.99. The molecule has 94 valence electrons. The topological polar surface area (TPSA) is 75.1 Å². The number of halogens is 1. The van der Waals surface area contributed by atoms with Gasteiger partial charge < -0.3 is 5.11 Å². The molecule has 1 atom stereocenters. The molecule has 5 nitrogen and oxygen atoms in total. The zero-order valence-corrected chi connectivity index (χ0v) is 9.93. The lowest BCUT2D eigenvalue weighted by Gasteiger charge is -2.22. The molecule has 2 heterocycles. The van der Waals surface area contributed by atoms with E-state index in [0.717, 1.165) is 29.6 Å². The molecule has 0 aromatic carbocycles. The van der Waals surface area contributed by atoms with Crippen molar-refractivity contribution in [2.75, 3.05) is 5.75 Å². The SMILES string of the molecule is O=c1[nH]c(=O)n(CC2CCCCS2)c(O)c1F. The van der Waals surface area contributed by atoms with E-state index in [9.17, 15) is 19.1 Å². The average Bonchev–Trinajstić information content (AvgIpc) is 2.33. The molecular weight excluding hydrogens is 247 g/mol. The number of aromatic hydroxyl groups is 1. The number of hydrogen-bond donors (Lipinski definition) is 2. The number of rotatable bonds is 2. The maximum atomic E-state index is 13.2. The van der Waals surface area contributed by atoms with Gasteiger partial charge in [-0.05, 0) is 18.6 Å². The average molecular weight is 260 g/mol. The van der Waals surface area contributed by atoms with Gasteiger partial charge in [-0.25, -0.2) is 4.79 Å². The normalized spacial score (nSPS) is 20.4. The van der Waals surface area contributed by atoms with Crippen LogP contribution in [0.3, 0.4) is 0 Å². The van der Waals surface area contributed by atoms with E-state index in [2.05, 4.69) is 0 Å². The van der Waals surface area contributed by atoms with Crippen LogP contribution < -0.4 is 11.2 Å². The Kier molecular flexibility index (Phi) is 3.56. The minimum atomic E-state index is -1.30. The van der Waals surface area contributed by atoms with E-state index in [0.29, 0.717) is 0 Å². The highest BCUT2D eigenvalue weighted by Crippen LogP contribution is 2.26. The molecule has 0 radical (unpaired) electrons. The first-order valence-corrected chi connectivity index (χ1v) is 6.47. The largest absolute Gasteiger partial charge is 0.492 e. The number of nitrogens with zero attached hydrogens (tertiary/aromatic N) is 1. The van der Waals surface area contributed by atoms with Crippen LogP contribution in [0.2, 0.25) is 0 Å². The van der Waals surface area contributed by atoms with Crippen molar-refractivity contribution in [1.82, 2.24) is 9.55 Å². The molecule has 1 saturated heterocycles. The fourth-order valence-electron chi connectivity index (χ4n) is 1.86. The second kappa shape index (κ2) is 4.95. The predicted molar refractivity (Wildman–Crippen MR) is 63.0 cm³/mol. The van der Waals surface area contributed by atoms with Crippen LogP contribution in [-0.2, 0) is 6.54 Å². The number of nitrogens with one attached hydrogen (secondary N) is 1. The van der Waals surface area contributed by atoms with Crippen LogP contribution >= 0.6 is 11.8 Å². The lowest BCUT2D eigenvalue weighted by Crippen LogP contribution is -2.34. The zero-order chi connectivity index (χ0) is 12.4. The molecule has 0 spiro atoms. The van der Waals surface area contributed by atoms with E-state index in [1.807, 2.05) is 4.98 Å². The van der Waals surface area contributed by atoms with Gasteiger partial charge >= 0.3 is 5.69 Å². The Morgan fingerprint density at radius 2 is 2.24 bits per heavy atom. The molecule has 1 aromatic rings. The van der Waals surface area contributed by atoms with Gasteiger partial charge in [-0.15, -0.1) is 0 Å². The second-order valence-electron chi connectivity index (χ2n) is 4.00. The number of aromatic nitrogens is 2. The van der Waals surface area contributed by atoms with Gasteiger partial charge in [0.15, 0.2) is 0 Å². The van der Waals surface area contributed by atoms with Gasteiger partial charge in [-0.1, -0.05) is 6.42 Å². The summed E-state index contributed by atoms with van der Waals surface area (Å²) in [7, 11) is 0. The van der Waals surface area contributed by atoms with Crippen LogP contribution in [0, 0.1) is 5.82 Å². The molecule has 1 aliphatic rings. The third-order valence-corrected chi connectivity index (χ3v) is 4.16. The van der Waals surface area contributed by atoms with Crippen molar-refractivity contribution >= 4 is 11.8 Å². The van der Waals surface area contributed by atoms with Crippen LogP contribution in [0.5, 0.6) is 5.88 Å². The summed E-state index contributed by atoms with van der Waals surface area (Å²) in [4.78, 5) is 24.2. The molecule has 1 aliphatic heterocycles. The Morgan fingerprint density at radius 1 is 1.47 bits per heavy atom. The highest BCUT2D eigenvalue weighted by Gasteiger charge is 2.19. The van der Waals surface area contributed by atoms with E-state index < -0.39 is 22.9 Å². The maximum absolute atomic E-state index is 13.2. The number of thioether (sulfide) groups is 1. The Labute approximate surface area is 101 Å². The van der Waals surface area contributed by atoms with Crippen molar-refractivity contribution in [1.29, 1.82) is 0 Å². The van der Waals surface area contributed by atoms with Crippen molar-refractivity contribution in [3.63, 3.8) is 0 Å². The molecule has 7 heteroatoms. The standard InChI is InChI=1S/C10H13FN2O3S/c11-7-8(14)12-10(16)13(9(7)15)5-6-3-1-2-4-17-6/h6,15H,1-5H2,(H,12,14,16). The third kappa shape index (κ3) is 2.54. The van der Waals surface area contributed by atoms with E-state index in [1.165, 1.54) is 0 Å². The molecule has 1 aromatic heterocycles. The van der Waals surface area contributed by atoms with Crippen molar-refractivity contribution in [3.05, 3.63) is 26.7 Å². The first kappa shape index (κ1) is 12.2. The van der Waals surface area contributed by atoms with Gasteiger partial charge in [0.05, 0.1) is 0 Å². The van der Waals surface area contributed by atoms with Crippen molar-refractivity contribution < 1.29 is 9.50 Å². The van der Waals surface area contributed by atoms with Crippen LogP contribution in [0.25, 0.3) is 0 Å². The lowest BCUT2D eigenvalue weighted by molar-refractivity contribution is 0.356. The fraction of sp³-hybridized carbons (Fsp3) is 0.600. The van der Waals surface area contributed by atoms with E-state index in [-0.39, 0.29) is 11.8 Å². The van der Waals surface area contributed by atoms with E-state index in [4.69, 9.17) is 0 Å². The van der Waals surface area contributed by atoms with Crippen LogP contribution in [-0.4, -0.2) is 25.7 Å². The lowest BCUT2D eigenvalue weighted by atomic mass is 10.2. The summed E-state index contributed by atoms with van der Waals surface area (Å²) in [5, 5.41) is 9.63. The summed E-state index contributed by atoms with van der Waals surface area (Å²) in [6, 6.07) is 0. The fourth-order valence-corrected chi connectivity index (χ4v) is 3.15. The van der Waals surface area contributed by atoms with Gasteiger partial charge in [0.2, 0.25) is 11.7 Å². The summed E-state index contributed by atoms with van der Waals surface area (Å²) in [6.07, 6.45) is 3.14. The van der Waals surface area contributed by atoms with Crippen LogP contribution in [0.4, 0.5) is 4.39 Å². The molecule has 2 N–H and O–H groups in total. The van der Waals surface area contributed by atoms with Crippen LogP contribution in [0.15, 0.2) is 9.59 Å².